The standard InChI is InChI=1S/C26H30ClN3O/c1-7-30-24-11-16(2)19(13-21(24)17(3)14-26(30,5)6)12-20(15-28)25(31)29-23-10-8-9-22(27)18(23)4/h8-13,17H,7,14H2,1-6H3,(H,29,31)/b20-12-/t17-/m1/s1. The molecule has 1 aliphatic rings. The topological polar surface area (TPSA) is 56.1 Å². The lowest BCUT2D eigenvalue weighted by Gasteiger charge is -2.47. The number of hydrogen-bond acceptors (Lipinski definition) is 3. The average molecular weight is 436 g/mol. The van der Waals surface area contributed by atoms with Crippen molar-refractivity contribution >= 4 is 35.0 Å². The first-order valence-corrected chi connectivity index (χ1v) is 11.1. The van der Waals surface area contributed by atoms with Crippen LogP contribution in [0.1, 0.15) is 62.3 Å². The van der Waals surface area contributed by atoms with Gasteiger partial charge in [0, 0.05) is 28.5 Å². The van der Waals surface area contributed by atoms with Crippen LogP contribution in [0.25, 0.3) is 6.08 Å². The molecule has 1 atom stereocenters. The highest BCUT2D eigenvalue weighted by atomic mass is 35.5. The van der Waals surface area contributed by atoms with Crippen LogP contribution in [0.2, 0.25) is 5.02 Å². The van der Waals surface area contributed by atoms with Gasteiger partial charge in [-0.2, -0.15) is 5.26 Å². The lowest BCUT2D eigenvalue weighted by Crippen LogP contribution is -2.48. The minimum absolute atomic E-state index is 0.0681. The van der Waals surface area contributed by atoms with Gasteiger partial charge in [-0.25, -0.2) is 0 Å². The Hall–Kier alpha value is -2.77. The molecule has 2 aromatic carbocycles. The van der Waals surface area contributed by atoms with Crippen LogP contribution in [0.4, 0.5) is 11.4 Å². The summed E-state index contributed by atoms with van der Waals surface area (Å²) in [4.78, 5) is 15.3. The molecule has 2 aromatic rings. The van der Waals surface area contributed by atoms with Gasteiger partial charge in [-0.15, -0.1) is 0 Å². The summed E-state index contributed by atoms with van der Waals surface area (Å²) < 4.78 is 0. The molecule has 1 aliphatic heterocycles. The smallest absolute Gasteiger partial charge is 0.266 e. The van der Waals surface area contributed by atoms with E-state index in [0.717, 1.165) is 29.7 Å². The molecule has 5 heteroatoms. The largest absolute Gasteiger partial charge is 0.366 e. The molecule has 0 unspecified atom stereocenters. The summed E-state index contributed by atoms with van der Waals surface area (Å²) in [5.41, 5.74) is 6.00. The van der Waals surface area contributed by atoms with Gasteiger partial charge in [0.2, 0.25) is 0 Å². The second kappa shape index (κ2) is 8.77. The van der Waals surface area contributed by atoms with E-state index < -0.39 is 5.91 Å². The van der Waals surface area contributed by atoms with Gasteiger partial charge in [0.25, 0.3) is 5.91 Å². The number of rotatable bonds is 4. The second-order valence-electron chi connectivity index (χ2n) is 8.97. The van der Waals surface area contributed by atoms with Crippen LogP contribution in [-0.4, -0.2) is 18.0 Å². The van der Waals surface area contributed by atoms with E-state index >= 15 is 0 Å². The molecule has 1 amide bonds. The second-order valence-corrected chi connectivity index (χ2v) is 9.37. The molecule has 0 saturated carbocycles. The number of nitrogens with one attached hydrogen (secondary N) is 1. The molecule has 3 rings (SSSR count). The number of carbonyl (C=O) groups excluding carboxylic acids is 1. The fourth-order valence-corrected chi connectivity index (χ4v) is 4.82. The van der Waals surface area contributed by atoms with Gasteiger partial charge in [-0.1, -0.05) is 24.6 Å². The highest BCUT2D eigenvalue weighted by Gasteiger charge is 2.35. The number of carbonyl (C=O) groups is 1. The zero-order valence-corrected chi connectivity index (χ0v) is 19.9. The SMILES string of the molecule is CCN1c2cc(C)c(/C=C(/C#N)C(=O)Nc3cccc(Cl)c3C)cc2[C@H](C)CC1(C)C. The number of nitrogens with zero attached hydrogens (tertiary/aromatic N) is 2. The van der Waals surface area contributed by atoms with Crippen LogP contribution in [0, 0.1) is 25.2 Å². The lowest BCUT2D eigenvalue weighted by molar-refractivity contribution is -0.112. The molecule has 0 saturated heterocycles. The zero-order chi connectivity index (χ0) is 22.9. The van der Waals surface area contributed by atoms with Gasteiger partial charge in [-0.3, -0.25) is 4.79 Å². The summed E-state index contributed by atoms with van der Waals surface area (Å²) in [6.45, 7) is 13.8. The number of aryl methyl sites for hydroxylation is 1. The van der Waals surface area contributed by atoms with Crippen molar-refractivity contribution in [1.82, 2.24) is 0 Å². The summed E-state index contributed by atoms with van der Waals surface area (Å²) in [7, 11) is 0. The van der Waals surface area contributed by atoms with E-state index in [0.29, 0.717) is 16.6 Å². The number of amides is 1. The quantitative estimate of drug-likeness (QED) is 0.434. The Labute approximate surface area is 190 Å². The number of anilines is 2. The van der Waals surface area contributed by atoms with E-state index in [-0.39, 0.29) is 11.1 Å². The van der Waals surface area contributed by atoms with Crippen LogP contribution in [0.3, 0.4) is 0 Å². The number of hydrogen-bond donors (Lipinski definition) is 1. The van der Waals surface area contributed by atoms with E-state index in [1.165, 1.54) is 11.3 Å². The van der Waals surface area contributed by atoms with Gasteiger partial charge in [0.1, 0.15) is 11.6 Å². The third-order valence-corrected chi connectivity index (χ3v) is 6.68. The van der Waals surface area contributed by atoms with E-state index in [4.69, 9.17) is 11.6 Å². The molecule has 0 bridgehead atoms. The fraction of sp³-hybridized carbons (Fsp3) is 0.385. The van der Waals surface area contributed by atoms with Crippen molar-refractivity contribution in [3.8, 4) is 6.07 Å². The van der Waals surface area contributed by atoms with E-state index in [1.54, 1.807) is 24.3 Å². The van der Waals surface area contributed by atoms with Crippen molar-refractivity contribution in [2.24, 2.45) is 0 Å². The van der Waals surface area contributed by atoms with Crippen molar-refractivity contribution in [3.63, 3.8) is 0 Å². The van der Waals surface area contributed by atoms with Crippen LogP contribution in [0.15, 0.2) is 35.9 Å². The van der Waals surface area contributed by atoms with Gasteiger partial charge in [0.15, 0.2) is 0 Å². The third kappa shape index (κ3) is 4.48. The summed E-state index contributed by atoms with van der Waals surface area (Å²) in [5.74, 6) is -0.0385. The summed E-state index contributed by atoms with van der Waals surface area (Å²) in [5, 5.41) is 13.1. The highest BCUT2D eigenvalue weighted by Crippen LogP contribution is 2.44. The molecule has 0 aliphatic carbocycles. The van der Waals surface area contributed by atoms with Gasteiger partial charge >= 0.3 is 0 Å². The first-order valence-electron chi connectivity index (χ1n) is 10.7. The number of nitriles is 1. The van der Waals surface area contributed by atoms with Crippen LogP contribution in [0.5, 0.6) is 0 Å². The van der Waals surface area contributed by atoms with Crippen molar-refractivity contribution in [3.05, 3.63) is 63.2 Å². The first kappa shape index (κ1) is 22.9. The Morgan fingerprint density at radius 1 is 1.35 bits per heavy atom. The molecule has 31 heavy (non-hydrogen) atoms. The minimum Gasteiger partial charge on any atom is -0.366 e. The predicted octanol–water partition coefficient (Wildman–Crippen LogP) is 6.61. The molecular formula is C26H30ClN3O. The Morgan fingerprint density at radius 3 is 2.71 bits per heavy atom. The Kier molecular flexibility index (Phi) is 6.48. The van der Waals surface area contributed by atoms with Gasteiger partial charge in [-0.05, 0) is 99.6 Å². The third-order valence-electron chi connectivity index (χ3n) is 6.27. The lowest BCUT2D eigenvalue weighted by atomic mass is 9.79. The molecular weight excluding hydrogens is 406 g/mol. The molecule has 0 spiro atoms. The van der Waals surface area contributed by atoms with Gasteiger partial charge < -0.3 is 10.2 Å². The number of halogens is 1. The summed E-state index contributed by atoms with van der Waals surface area (Å²) >= 11 is 6.15. The van der Waals surface area contributed by atoms with Crippen molar-refractivity contribution in [1.29, 1.82) is 5.26 Å². The first-order chi connectivity index (χ1) is 14.6. The molecule has 162 valence electrons. The van der Waals surface area contributed by atoms with Crippen molar-refractivity contribution in [2.75, 3.05) is 16.8 Å². The monoisotopic (exact) mass is 435 g/mol. The molecule has 4 nitrogen and oxygen atoms in total. The molecule has 1 heterocycles. The maximum Gasteiger partial charge on any atom is 0.266 e. The van der Waals surface area contributed by atoms with Crippen molar-refractivity contribution in [2.45, 2.75) is 59.4 Å². The van der Waals surface area contributed by atoms with Crippen LogP contribution < -0.4 is 10.2 Å². The van der Waals surface area contributed by atoms with Crippen molar-refractivity contribution < 1.29 is 4.79 Å². The van der Waals surface area contributed by atoms with E-state index in [1.807, 2.05) is 13.8 Å². The summed E-state index contributed by atoms with van der Waals surface area (Å²) in [6, 6.07) is 11.7. The Bertz CT molecular complexity index is 1090. The molecule has 0 fully saturated rings. The Morgan fingerprint density at radius 2 is 2.06 bits per heavy atom. The van der Waals surface area contributed by atoms with Crippen LogP contribution in [-0.2, 0) is 4.79 Å². The average Bonchev–Trinajstić information content (AvgIpc) is 2.69. The summed E-state index contributed by atoms with van der Waals surface area (Å²) in [6.07, 6.45) is 2.74. The predicted molar refractivity (Wildman–Crippen MR) is 130 cm³/mol. The van der Waals surface area contributed by atoms with E-state index in [9.17, 15) is 10.1 Å². The maximum absolute atomic E-state index is 12.8. The molecule has 0 aromatic heterocycles. The van der Waals surface area contributed by atoms with Crippen LogP contribution >= 0.6 is 11.6 Å². The van der Waals surface area contributed by atoms with E-state index in [2.05, 4.69) is 56.1 Å². The minimum atomic E-state index is -0.436. The molecule has 0 radical (unpaired) electrons. The molecule has 1 N–H and O–H groups in total. The Balaban J connectivity index is 1.98. The number of fused-ring (bicyclic) bond motifs is 1. The zero-order valence-electron chi connectivity index (χ0n) is 19.1. The highest BCUT2D eigenvalue weighted by molar-refractivity contribution is 6.31. The normalized spacial score (nSPS) is 17.7. The van der Waals surface area contributed by atoms with Gasteiger partial charge in [0.05, 0.1) is 0 Å². The maximum atomic E-state index is 12.8. The fourth-order valence-electron chi connectivity index (χ4n) is 4.64. The number of benzene rings is 2.